The van der Waals surface area contributed by atoms with E-state index >= 15 is 0 Å². The lowest BCUT2D eigenvalue weighted by Crippen LogP contribution is -2.51. The molecule has 2 N–H and O–H groups in total. The average molecular weight is 393 g/mol. The van der Waals surface area contributed by atoms with Crippen molar-refractivity contribution in [2.75, 3.05) is 13.1 Å². The summed E-state index contributed by atoms with van der Waals surface area (Å²) in [5, 5.41) is 19.7. The SMILES string of the molecule is N=C(N=CN(O)Cc1ccc(Cl)cc1)N1CC(Sc2ccc(F)cc2)C1. The molecule has 0 aliphatic carbocycles. The molecule has 0 unspecified atom stereocenters. The second-order valence-electron chi connectivity index (χ2n) is 5.89. The Morgan fingerprint density at radius 2 is 1.92 bits per heavy atom. The number of hydroxylamine groups is 2. The average Bonchev–Trinajstić information content (AvgIpc) is 2.59. The summed E-state index contributed by atoms with van der Waals surface area (Å²) in [6.45, 7) is 1.65. The van der Waals surface area contributed by atoms with E-state index in [1.807, 2.05) is 17.0 Å². The molecule has 5 nitrogen and oxygen atoms in total. The summed E-state index contributed by atoms with van der Waals surface area (Å²) < 4.78 is 12.9. The third-order valence-corrected chi connectivity index (χ3v) is 5.26. The molecule has 1 fully saturated rings. The van der Waals surface area contributed by atoms with Gasteiger partial charge in [0.2, 0.25) is 5.96 Å². The topological polar surface area (TPSA) is 62.9 Å². The van der Waals surface area contributed by atoms with Crippen LogP contribution in [0.15, 0.2) is 58.4 Å². The Hall–Kier alpha value is -2.09. The van der Waals surface area contributed by atoms with E-state index < -0.39 is 0 Å². The number of thioether (sulfide) groups is 1. The molecule has 0 spiro atoms. The van der Waals surface area contributed by atoms with Gasteiger partial charge in [-0.3, -0.25) is 10.6 Å². The van der Waals surface area contributed by atoms with E-state index in [1.54, 1.807) is 36.0 Å². The molecule has 3 rings (SSSR count). The Balaban J connectivity index is 1.42. The molecule has 2 aromatic rings. The van der Waals surface area contributed by atoms with Gasteiger partial charge in [-0.05, 0) is 42.0 Å². The number of nitrogens with one attached hydrogen (secondary N) is 1. The first kappa shape index (κ1) is 18.7. The Kier molecular flexibility index (Phi) is 6.13. The van der Waals surface area contributed by atoms with Crippen molar-refractivity contribution in [2.45, 2.75) is 16.7 Å². The molecule has 2 aromatic carbocycles. The smallest absolute Gasteiger partial charge is 0.219 e. The Bertz CT molecular complexity index is 779. The summed E-state index contributed by atoms with van der Waals surface area (Å²) in [6.07, 6.45) is 1.23. The highest BCUT2D eigenvalue weighted by atomic mass is 35.5. The molecule has 1 aliphatic rings. The number of likely N-dealkylation sites (tertiary alicyclic amines) is 1. The standard InChI is InChI=1S/C18H18ClFN4OS/c19-14-3-1-13(2-4-14)9-24(25)12-22-18(21)23-10-17(11-23)26-16-7-5-15(20)6-8-16/h1-8,12,17,21,25H,9-11H2. The molecule has 136 valence electrons. The largest absolute Gasteiger partial charge is 0.339 e. The van der Waals surface area contributed by atoms with Crippen molar-refractivity contribution in [3.05, 3.63) is 64.9 Å². The van der Waals surface area contributed by atoms with Crippen molar-refractivity contribution in [3.8, 4) is 0 Å². The summed E-state index contributed by atoms with van der Waals surface area (Å²) in [5.74, 6) is -0.135. The van der Waals surface area contributed by atoms with Crippen LogP contribution in [0.3, 0.4) is 0 Å². The van der Waals surface area contributed by atoms with Gasteiger partial charge in [0.1, 0.15) is 12.2 Å². The fourth-order valence-corrected chi connectivity index (χ4v) is 3.72. The fraction of sp³-hybridized carbons (Fsp3) is 0.222. The van der Waals surface area contributed by atoms with E-state index in [9.17, 15) is 9.60 Å². The number of guanidine groups is 1. The lowest BCUT2D eigenvalue weighted by molar-refractivity contribution is -0.0164. The zero-order valence-electron chi connectivity index (χ0n) is 13.8. The number of nitrogens with zero attached hydrogens (tertiary/aromatic N) is 3. The van der Waals surface area contributed by atoms with Crippen LogP contribution in [0.4, 0.5) is 4.39 Å². The van der Waals surface area contributed by atoms with E-state index in [1.165, 1.54) is 18.5 Å². The highest BCUT2D eigenvalue weighted by Crippen LogP contribution is 2.29. The number of rotatable bonds is 5. The van der Waals surface area contributed by atoms with Crippen LogP contribution in [-0.4, -0.2) is 45.8 Å². The van der Waals surface area contributed by atoms with Gasteiger partial charge < -0.3 is 4.90 Å². The van der Waals surface area contributed by atoms with Crippen LogP contribution in [0.1, 0.15) is 5.56 Å². The van der Waals surface area contributed by atoms with E-state index in [0.29, 0.717) is 23.4 Å². The predicted molar refractivity (Wildman–Crippen MR) is 103 cm³/mol. The first-order chi connectivity index (χ1) is 12.5. The van der Waals surface area contributed by atoms with Crippen LogP contribution in [-0.2, 0) is 6.54 Å². The molecule has 0 saturated carbocycles. The molecule has 8 heteroatoms. The van der Waals surface area contributed by atoms with Crippen molar-refractivity contribution >= 4 is 35.7 Å². The molecule has 26 heavy (non-hydrogen) atoms. The maximum atomic E-state index is 12.9. The maximum absolute atomic E-state index is 12.9. The lowest BCUT2D eigenvalue weighted by atomic mass is 10.2. The van der Waals surface area contributed by atoms with Crippen LogP contribution in [0.5, 0.6) is 0 Å². The van der Waals surface area contributed by atoms with Gasteiger partial charge in [-0.1, -0.05) is 23.7 Å². The van der Waals surface area contributed by atoms with Crippen molar-refractivity contribution in [2.24, 2.45) is 4.99 Å². The molecule has 1 saturated heterocycles. The normalized spacial score (nSPS) is 14.5. The van der Waals surface area contributed by atoms with E-state index in [0.717, 1.165) is 15.5 Å². The summed E-state index contributed by atoms with van der Waals surface area (Å²) in [7, 11) is 0. The molecule has 0 atom stereocenters. The highest BCUT2D eigenvalue weighted by molar-refractivity contribution is 8.00. The highest BCUT2D eigenvalue weighted by Gasteiger charge is 2.29. The molecule has 0 radical (unpaired) electrons. The predicted octanol–water partition coefficient (Wildman–Crippen LogP) is 4.11. The van der Waals surface area contributed by atoms with Gasteiger partial charge in [-0.2, -0.15) is 0 Å². The maximum Gasteiger partial charge on any atom is 0.219 e. The van der Waals surface area contributed by atoms with Crippen LogP contribution < -0.4 is 0 Å². The first-order valence-corrected chi connectivity index (χ1v) is 9.25. The number of aliphatic imine (C=N–C) groups is 1. The van der Waals surface area contributed by atoms with E-state index in [-0.39, 0.29) is 18.3 Å². The van der Waals surface area contributed by atoms with Crippen LogP contribution in [0, 0.1) is 11.2 Å². The molecule has 1 aliphatic heterocycles. The first-order valence-electron chi connectivity index (χ1n) is 7.99. The van der Waals surface area contributed by atoms with Crippen LogP contribution >= 0.6 is 23.4 Å². The van der Waals surface area contributed by atoms with Crippen LogP contribution in [0.2, 0.25) is 5.02 Å². The number of halogens is 2. The van der Waals surface area contributed by atoms with Gasteiger partial charge in [0.15, 0.2) is 0 Å². The zero-order valence-corrected chi connectivity index (χ0v) is 15.4. The second-order valence-corrected chi connectivity index (χ2v) is 7.70. The minimum atomic E-state index is -0.243. The van der Waals surface area contributed by atoms with Crippen molar-refractivity contribution in [1.29, 1.82) is 5.41 Å². The third-order valence-electron chi connectivity index (χ3n) is 3.84. The van der Waals surface area contributed by atoms with Gasteiger partial charge >= 0.3 is 0 Å². The molecule has 0 amide bonds. The third kappa shape index (κ3) is 5.20. The van der Waals surface area contributed by atoms with Gasteiger partial charge in [-0.15, -0.1) is 11.8 Å². The molecule has 0 aromatic heterocycles. The summed E-state index contributed by atoms with van der Waals surface area (Å²) in [4.78, 5) is 6.81. The van der Waals surface area contributed by atoms with Gasteiger partial charge in [0, 0.05) is 28.3 Å². The van der Waals surface area contributed by atoms with E-state index in [4.69, 9.17) is 17.0 Å². The molecular weight excluding hydrogens is 375 g/mol. The molecule has 1 heterocycles. The van der Waals surface area contributed by atoms with Gasteiger partial charge in [0.05, 0.1) is 6.54 Å². The van der Waals surface area contributed by atoms with Crippen molar-refractivity contribution < 1.29 is 9.60 Å². The number of hydrogen-bond donors (Lipinski definition) is 2. The number of hydrogen-bond acceptors (Lipinski definition) is 3. The quantitative estimate of drug-likeness (QED) is 0.456. The van der Waals surface area contributed by atoms with Gasteiger partial charge in [-0.25, -0.2) is 14.4 Å². The fourth-order valence-electron chi connectivity index (χ4n) is 2.41. The monoisotopic (exact) mass is 392 g/mol. The number of benzene rings is 2. The molecular formula is C18H18ClFN4OS. The lowest BCUT2D eigenvalue weighted by Gasteiger charge is -2.38. The molecule has 0 bridgehead atoms. The Morgan fingerprint density at radius 3 is 2.58 bits per heavy atom. The summed E-state index contributed by atoms with van der Waals surface area (Å²) in [5.41, 5.74) is 0.884. The van der Waals surface area contributed by atoms with Crippen molar-refractivity contribution in [1.82, 2.24) is 9.96 Å². The van der Waals surface area contributed by atoms with E-state index in [2.05, 4.69) is 4.99 Å². The second kappa shape index (κ2) is 8.53. The summed E-state index contributed by atoms with van der Waals surface area (Å²) >= 11 is 7.48. The minimum absolute atomic E-state index is 0.108. The Morgan fingerprint density at radius 1 is 1.27 bits per heavy atom. The zero-order chi connectivity index (χ0) is 18.5. The summed E-state index contributed by atoms with van der Waals surface area (Å²) in [6, 6.07) is 13.5. The van der Waals surface area contributed by atoms with Gasteiger partial charge in [0.25, 0.3) is 0 Å². The Labute approximate surface area is 160 Å². The minimum Gasteiger partial charge on any atom is -0.339 e. The van der Waals surface area contributed by atoms with Crippen LogP contribution in [0.25, 0.3) is 0 Å². The van der Waals surface area contributed by atoms with Crippen molar-refractivity contribution in [3.63, 3.8) is 0 Å².